The first-order chi connectivity index (χ1) is 6.33. The Labute approximate surface area is 83.0 Å². The van der Waals surface area contributed by atoms with Crippen LogP contribution in [0.4, 0.5) is 13.2 Å². The van der Waals surface area contributed by atoms with Crippen LogP contribution in [0.5, 0.6) is 0 Å². The van der Waals surface area contributed by atoms with E-state index in [1.807, 2.05) is 0 Å². The van der Waals surface area contributed by atoms with Gasteiger partial charge in [0.05, 0.1) is 0 Å². The van der Waals surface area contributed by atoms with E-state index >= 15 is 0 Å². The molecule has 0 heterocycles. The number of carbonyl (C=O) groups excluding carboxylic acids is 1. The molecule has 0 aromatic carbocycles. The lowest BCUT2D eigenvalue weighted by Gasteiger charge is -2.08. The molecule has 8 heteroatoms. The summed E-state index contributed by atoms with van der Waals surface area (Å²) in [5, 5.41) is 11.3. The summed E-state index contributed by atoms with van der Waals surface area (Å²) in [5.41, 5.74) is 0.460. The molecule has 1 atom stereocenters. The van der Waals surface area contributed by atoms with Crippen LogP contribution in [0.3, 0.4) is 0 Å². The maximum Gasteiger partial charge on any atom is 0.441 e. The lowest BCUT2D eigenvalue weighted by molar-refractivity contribution is -0.125. The van der Waals surface area contributed by atoms with Gasteiger partial charge in [-0.25, -0.2) is 0 Å². The molecule has 0 aromatic rings. The predicted molar refractivity (Wildman–Crippen MR) is 46.6 cm³/mol. The lowest BCUT2D eigenvalue weighted by atomic mass is 10.3. The van der Waals surface area contributed by atoms with Crippen molar-refractivity contribution in [1.82, 2.24) is 5.32 Å². The van der Waals surface area contributed by atoms with Crippen LogP contribution < -0.4 is 11.1 Å². The lowest BCUT2D eigenvalue weighted by Crippen LogP contribution is -2.38. The van der Waals surface area contributed by atoms with Crippen LogP contribution in [0, 0.1) is 0 Å². The van der Waals surface area contributed by atoms with Crippen molar-refractivity contribution in [3.63, 3.8) is 0 Å². The molecule has 0 aromatic heterocycles. The molecule has 1 unspecified atom stereocenters. The Hall–Kier alpha value is -0.470. The highest BCUT2D eigenvalue weighted by Gasteiger charge is 2.27. The maximum atomic E-state index is 11.6. The molecule has 0 saturated carbocycles. The summed E-state index contributed by atoms with van der Waals surface area (Å²) in [4.78, 5) is 10.3. The van der Waals surface area contributed by atoms with Crippen LogP contribution in [-0.2, 0) is 4.79 Å². The molecule has 4 N–H and O–H groups in total. The molecular weight excluding hydrogens is 221 g/mol. The number of amides is 1. The summed E-state index contributed by atoms with van der Waals surface area (Å²) >= 11 is -0.167. The van der Waals surface area contributed by atoms with E-state index in [0.717, 1.165) is 0 Å². The molecule has 14 heavy (non-hydrogen) atoms. The molecular formula is C6H11F3N2O2S. The van der Waals surface area contributed by atoms with E-state index in [4.69, 9.17) is 10.8 Å². The average molecular weight is 232 g/mol. The first kappa shape index (κ1) is 13.5. The van der Waals surface area contributed by atoms with Gasteiger partial charge in [-0.05, 0) is 11.8 Å². The fraction of sp³-hybridized carbons (Fsp3) is 0.833. The summed E-state index contributed by atoms with van der Waals surface area (Å²) in [7, 11) is 0. The van der Waals surface area contributed by atoms with Crippen molar-refractivity contribution in [2.45, 2.75) is 11.6 Å². The molecule has 0 radical (unpaired) electrons. The fourth-order valence-corrected chi connectivity index (χ4v) is 1.06. The van der Waals surface area contributed by atoms with Crippen molar-refractivity contribution in [1.29, 1.82) is 0 Å². The van der Waals surface area contributed by atoms with E-state index < -0.39 is 17.5 Å². The number of rotatable bonds is 6. The monoisotopic (exact) mass is 232 g/mol. The normalized spacial score (nSPS) is 14.0. The van der Waals surface area contributed by atoms with Gasteiger partial charge in [-0.1, -0.05) is 0 Å². The zero-order valence-electron chi connectivity index (χ0n) is 7.17. The molecule has 0 aliphatic carbocycles. The van der Waals surface area contributed by atoms with Crippen LogP contribution >= 0.6 is 11.8 Å². The average Bonchev–Trinajstić information content (AvgIpc) is 2.01. The van der Waals surface area contributed by atoms with Gasteiger partial charge in [-0.3, -0.25) is 4.79 Å². The maximum absolute atomic E-state index is 11.6. The molecule has 1 amide bonds. The standard InChI is InChI=1S/C6H11F3N2O2S/c7-6(8,9)14-2-1-11-3-4(12)5(10)13/h4,11-12H,1-3H2,(H2,10,13). The Morgan fingerprint density at radius 3 is 2.57 bits per heavy atom. The number of carbonyl (C=O) groups is 1. The third kappa shape index (κ3) is 8.14. The Morgan fingerprint density at radius 1 is 1.57 bits per heavy atom. The highest BCUT2D eigenvalue weighted by atomic mass is 32.2. The Bertz CT molecular complexity index is 188. The quantitative estimate of drug-likeness (QED) is 0.548. The van der Waals surface area contributed by atoms with Crippen molar-refractivity contribution in [3.8, 4) is 0 Å². The number of alkyl halides is 3. The van der Waals surface area contributed by atoms with E-state index in [-0.39, 0.29) is 30.6 Å². The molecule has 0 saturated heterocycles. The number of nitrogens with one attached hydrogen (secondary N) is 1. The molecule has 0 bridgehead atoms. The summed E-state index contributed by atoms with van der Waals surface area (Å²) in [6.07, 6.45) is -1.36. The van der Waals surface area contributed by atoms with Crippen LogP contribution in [0.15, 0.2) is 0 Å². The molecule has 0 aliphatic rings. The van der Waals surface area contributed by atoms with Gasteiger partial charge in [-0.15, -0.1) is 0 Å². The Balaban J connectivity index is 3.35. The van der Waals surface area contributed by atoms with Crippen molar-refractivity contribution < 1.29 is 23.1 Å². The minimum atomic E-state index is -4.25. The minimum absolute atomic E-state index is 0.0501. The molecule has 0 rings (SSSR count). The number of nitrogens with two attached hydrogens (primary N) is 1. The molecule has 4 nitrogen and oxygen atoms in total. The number of aliphatic hydroxyl groups is 1. The van der Waals surface area contributed by atoms with E-state index in [2.05, 4.69) is 5.32 Å². The van der Waals surface area contributed by atoms with Crippen LogP contribution in [0.2, 0.25) is 0 Å². The molecule has 0 spiro atoms. The first-order valence-corrected chi connectivity index (χ1v) is 4.70. The zero-order chi connectivity index (χ0) is 11.2. The fourth-order valence-electron chi connectivity index (χ4n) is 0.578. The second kappa shape index (κ2) is 6.10. The van der Waals surface area contributed by atoms with Gasteiger partial charge >= 0.3 is 5.51 Å². The zero-order valence-corrected chi connectivity index (χ0v) is 7.99. The highest BCUT2D eigenvalue weighted by molar-refractivity contribution is 8.00. The smallest absolute Gasteiger partial charge is 0.382 e. The number of hydrogen-bond acceptors (Lipinski definition) is 4. The van der Waals surface area contributed by atoms with E-state index in [1.165, 1.54) is 0 Å². The van der Waals surface area contributed by atoms with Gasteiger partial charge in [0.2, 0.25) is 5.91 Å². The Kier molecular flexibility index (Phi) is 5.89. The van der Waals surface area contributed by atoms with Crippen molar-refractivity contribution in [2.24, 2.45) is 5.73 Å². The van der Waals surface area contributed by atoms with Crippen LogP contribution in [-0.4, -0.2) is 41.5 Å². The summed E-state index contributed by atoms with van der Waals surface area (Å²) < 4.78 is 34.7. The topological polar surface area (TPSA) is 75.4 Å². The molecule has 0 aliphatic heterocycles. The Morgan fingerprint density at radius 2 is 2.14 bits per heavy atom. The number of hydrogen-bond donors (Lipinski definition) is 3. The summed E-state index contributed by atoms with van der Waals surface area (Å²) in [6.45, 7) is -0.0811. The molecule has 0 fully saturated rings. The van der Waals surface area contributed by atoms with Crippen molar-refractivity contribution in [2.75, 3.05) is 18.8 Å². The van der Waals surface area contributed by atoms with Crippen LogP contribution in [0.25, 0.3) is 0 Å². The first-order valence-electron chi connectivity index (χ1n) is 3.71. The second-order valence-electron chi connectivity index (χ2n) is 2.42. The molecule has 84 valence electrons. The number of thioether (sulfide) groups is 1. The van der Waals surface area contributed by atoms with Crippen molar-refractivity contribution in [3.05, 3.63) is 0 Å². The number of halogens is 3. The number of primary amides is 1. The predicted octanol–water partition coefficient (Wildman–Crippen LogP) is -0.325. The van der Waals surface area contributed by atoms with Gasteiger partial charge in [-0.2, -0.15) is 13.2 Å². The third-order valence-corrected chi connectivity index (χ3v) is 1.95. The van der Waals surface area contributed by atoms with Gasteiger partial charge in [0.25, 0.3) is 0 Å². The van der Waals surface area contributed by atoms with E-state index in [1.54, 1.807) is 0 Å². The van der Waals surface area contributed by atoms with Gasteiger partial charge in [0.1, 0.15) is 6.10 Å². The van der Waals surface area contributed by atoms with Gasteiger partial charge in [0.15, 0.2) is 0 Å². The van der Waals surface area contributed by atoms with E-state index in [0.29, 0.717) is 0 Å². The van der Waals surface area contributed by atoms with Gasteiger partial charge in [0, 0.05) is 18.8 Å². The van der Waals surface area contributed by atoms with Gasteiger partial charge < -0.3 is 16.2 Å². The van der Waals surface area contributed by atoms with Crippen LogP contribution in [0.1, 0.15) is 0 Å². The highest BCUT2D eigenvalue weighted by Crippen LogP contribution is 2.29. The number of aliphatic hydroxyl groups excluding tert-OH is 1. The summed E-state index contributed by atoms with van der Waals surface area (Å²) in [6, 6.07) is 0. The minimum Gasteiger partial charge on any atom is -0.382 e. The van der Waals surface area contributed by atoms with Crippen molar-refractivity contribution >= 4 is 17.7 Å². The second-order valence-corrected chi connectivity index (χ2v) is 3.58. The van der Waals surface area contributed by atoms with E-state index in [9.17, 15) is 18.0 Å². The third-order valence-electron chi connectivity index (χ3n) is 1.21. The largest absolute Gasteiger partial charge is 0.441 e. The summed E-state index contributed by atoms with van der Waals surface area (Å²) in [5.74, 6) is -1.07. The SMILES string of the molecule is NC(=O)C(O)CNCCSC(F)(F)F.